The predicted octanol–water partition coefficient (Wildman–Crippen LogP) is 26.0. The molecule has 0 aromatic heterocycles. The molecule has 0 saturated carbocycles. The van der Waals surface area contributed by atoms with Crippen LogP contribution in [0.1, 0.15) is 150 Å². The molecule has 9 aromatic rings. The molecule has 0 bridgehead atoms. The molecule has 0 N–H and O–H groups in total. The molecule has 9 rings (SSSR count). The molecule has 9 aromatic carbocycles. The summed E-state index contributed by atoms with van der Waals surface area (Å²) in [6, 6.07) is 23.0. The van der Waals surface area contributed by atoms with Crippen LogP contribution in [0, 0.1) is 256 Å². The van der Waals surface area contributed by atoms with Gasteiger partial charge in [-0.15, -0.1) is 0 Å². The zero-order chi connectivity index (χ0) is 75.5. The van der Waals surface area contributed by atoms with Crippen molar-refractivity contribution in [3.8, 4) is 0 Å². The monoisotopic (exact) mass is 1370 g/mol. The zero-order valence-corrected chi connectivity index (χ0v) is 60.6. The van der Waals surface area contributed by atoms with Crippen LogP contribution >= 0.6 is 0 Å². The van der Waals surface area contributed by atoms with E-state index in [1.54, 1.807) is 99.6 Å². The van der Waals surface area contributed by atoms with E-state index < -0.39 is 58.3 Å². The third-order valence-electron chi connectivity index (χ3n) is 16.7. The van der Waals surface area contributed by atoms with E-state index in [4.69, 9.17) is 0 Å². The highest BCUT2D eigenvalue weighted by atomic mass is 19.4. The van der Waals surface area contributed by atoms with E-state index in [1.807, 2.05) is 92.6 Å². The summed E-state index contributed by atoms with van der Waals surface area (Å²) in [6.07, 6.45) is -4.61. The highest BCUT2D eigenvalue weighted by Crippen LogP contribution is 2.35. The van der Waals surface area contributed by atoms with Crippen molar-refractivity contribution in [3.63, 3.8) is 0 Å². The van der Waals surface area contributed by atoms with Gasteiger partial charge in [-0.2, -0.15) is 13.2 Å². The number of hydrogen-bond acceptors (Lipinski definition) is 0. The number of benzene rings is 9. The number of hydrogen-bond donors (Lipinski definition) is 0. The van der Waals surface area contributed by atoms with E-state index in [0.717, 1.165) is 83.5 Å². The molecule has 0 spiro atoms. The summed E-state index contributed by atoms with van der Waals surface area (Å²) in [7, 11) is 0. The van der Waals surface area contributed by atoms with Gasteiger partial charge >= 0.3 is 6.18 Å². The van der Waals surface area contributed by atoms with Gasteiger partial charge in [-0.25, -0.2) is 57.1 Å². The van der Waals surface area contributed by atoms with E-state index in [1.165, 1.54) is 72.7 Å². The van der Waals surface area contributed by atoms with E-state index in [-0.39, 0.29) is 68.0 Å². The van der Waals surface area contributed by atoms with Crippen molar-refractivity contribution >= 4 is 0 Å². The van der Waals surface area contributed by atoms with Gasteiger partial charge in [-0.3, -0.25) is 0 Å². The molecule has 0 fully saturated rings. The van der Waals surface area contributed by atoms with Gasteiger partial charge in [0.05, 0.1) is 5.56 Å². The lowest BCUT2D eigenvalue weighted by molar-refractivity contribution is -0.140. The van der Waals surface area contributed by atoms with Gasteiger partial charge in [0.2, 0.25) is 0 Å². The largest absolute Gasteiger partial charge is 0.419 e. The lowest BCUT2D eigenvalue weighted by atomic mass is 10.0. The second kappa shape index (κ2) is 38.1. The summed E-state index contributed by atoms with van der Waals surface area (Å²) in [5.74, 6) is -6.15. The average Bonchev–Trinajstić information content (AvgIpc) is 0.822. The Balaban J connectivity index is 0.000000546. The lowest BCUT2D eigenvalue weighted by Crippen LogP contribution is -2.11. The normalized spacial score (nSPS) is 10.4. The van der Waals surface area contributed by atoms with Crippen molar-refractivity contribution in [2.24, 2.45) is 0 Å². The minimum Gasteiger partial charge on any atom is -0.207 e. The Morgan fingerprint density at radius 3 is 0.753 bits per heavy atom. The molecule has 0 unspecified atom stereocenters. The van der Waals surface area contributed by atoms with Gasteiger partial charge in [0.15, 0.2) is 11.6 Å². The Labute approximate surface area is 564 Å². The predicted molar refractivity (Wildman–Crippen MR) is 366 cm³/mol. The van der Waals surface area contributed by atoms with Gasteiger partial charge in [0.25, 0.3) is 0 Å². The first kappa shape index (κ1) is 86.9. The van der Waals surface area contributed by atoms with Crippen LogP contribution in [0.25, 0.3) is 0 Å². The van der Waals surface area contributed by atoms with Gasteiger partial charge in [0.1, 0.15) is 64.0 Å². The van der Waals surface area contributed by atoms with Gasteiger partial charge in [-0.05, 0) is 344 Å². The van der Waals surface area contributed by atoms with E-state index in [0.29, 0.717) is 22.3 Å². The fraction of sp³-hybridized carbons (Fsp3) is 0.333. The molecule has 0 aliphatic heterocycles. The SMILES string of the molecule is Cc1c(C)c(F)c(F)c(C)c1F.Cc1cc(C)c(C)c(F)c1.Cc1cc(C)c(C)c(F)c1.Cc1cc(C)c(F)cc1C.Cc1cc(C)c(F)cc1C.Cc1cc(F)c(C)c(F)c1C.Cc1cc(F)c(C)c(F)c1C.Cc1ccc(C)c(C(F)(F)F)c1F.Cc1ccc(C)c(F)c1C. The number of aryl methyl sites for hydroxylation is 16. The first-order valence-corrected chi connectivity index (χ1v) is 30.9. The summed E-state index contributed by atoms with van der Waals surface area (Å²) in [4.78, 5) is 0. The van der Waals surface area contributed by atoms with Crippen molar-refractivity contribution in [2.75, 3.05) is 0 Å². The summed E-state index contributed by atoms with van der Waals surface area (Å²) in [5, 5.41) is 0. The third-order valence-corrected chi connectivity index (χ3v) is 16.7. The highest BCUT2D eigenvalue weighted by Gasteiger charge is 2.36. The van der Waals surface area contributed by atoms with E-state index in [2.05, 4.69) is 0 Å². The zero-order valence-electron chi connectivity index (χ0n) is 60.6. The van der Waals surface area contributed by atoms with Crippen molar-refractivity contribution in [2.45, 2.75) is 186 Å². The van der Waals surface area contributed by atoms with E-state index >= 15 is 0 Å². The molecule has 97 heavy (non-hydrogen) atoms. The number of halogens is 16. The van der Waals surface area contributed by atoms with Crippen LogP contribution in [-0.2, 0) is 6.18 Å². The Bertz CT molecular complexity index is 3680. The molecule has 0 radical (unpaired) electrons. The number of rotatable bonds is 0. The maximum Gasteiger partial charge on any atom is 0.419 e. The molecule has 0 atom stereocenters. The van der Waals surface area contributed by atoms with Crippen molar-refractivity contribution in [3.05, 3.63) is 311 Å². The molecule has 0 nitrogen and oxygen atoms in total. The summed E-state index contributed by atoms with van der Waals surface area (Å²) >= 11 is 0. The molecule has 0 aliphatic rings. The number of alkyl halides is 3. The molecule has 0 saturated heterocycles. The fourth-order valence-electron chi connectivity index (χ4n) is 8.84. The fourth-order valence-corrected chi connectivity index (χ4v) is 8.84. The second-order valence-electron chi connectivity index (χ2n) is 24.6. The van der Waals surface area contributed by atoms with Crippen molar-refractivity contribution in [1.29, 1.82) is 0 Å². The topological polar surface area (TPSA) is 0 Å². The highest BCUT2D eigenvalue weighted by molar-refractivity contribution is 5.38. The molecule has 0 aliphatic carbocycles. The van der Waals surface area contributed by atoms with Gasteiger partial charge in [0, 0.05) is 16.7 Å². The molecular weight excluding hydrogens is 1280 g/mol. The molecule has 16 heteroatoms. The van der Waals surface area contributed by atoms with Crippen LogP contribution in [0.5, 0.6) is 0 Å². The van der Waals surface area contributed by atoms with Crippen LogP contribution in [0.15, 0.2) is 84.9 Å². The second-order valence-corrected chi connectivity index (χ2v) is 24.6. The first-order chi connectivity index (χ1) is 44.4. The van der Waals surface area contributed by atoms with Crippen LogP contribution in [-0.4, -0.2) is 0 Å². The van der Waals surface area contributed by atoms with Crippen LogP contribution in [0.3, 0.4) is 0 Å². The first-order valence-electron chi connectivity index (χ1n) is 30.9. The van der Waals surface area contributed by atoms with E-state index in [9.17, 15) is 70.2 Å². The molecule has 0 amide bonds. The van der Waals surface area contributed by atoms with Crippen LogP contribution in [0.4, 0.5) is 70.2 Å². The average molecular weight is 1370 g/mol. The lowest BCUT2D eigenvalue weighted by Gasteiger charge is -2.12. The van der Waals surface area contributed by atoms with Gasteiger partial charge < -0.3 is 0 Å². The quantitative estimate of drug-likeness (QED) is 0.105. The standard InChI is InChI=1S/C9H8F4.C9H9F3.2C9H10F2.5C9H11F/c1-5-3-4-6(2)8(10)7(5)9(11,12)13;1-4-5(2)8(11)9(12)6(3)7(4)10;2*1-5-4-8(10)7(3)9(11)6(5)2;2*1-6-4-8(3)9(10)5-7(6)2;2*1-6-4-7(2)8(3)9(10)5-6;1-6-4-5-7(2)9(10)8(6)3/h3-4H,1-2H3;1-3H3;2*4H,1-3H3;5*4-5H,1-3H3. The summed E-state index contributed by atoms with van der Waals surface area (Å²) in [5.41, 5.74) is 15.1. The summed E-state index contributed by atoms with van der Waals surface area (Å²) < 4.78 is 204. The third kappa shape index (κ3) is 25.3. The van der Waals surface area contributed by atoms with Crippen LogP contribution < -0.4 is 0 Å². The molecule has 528 valence electrons. The molecular formula is C81H92F16. The Morgan fingerprint density at radius 1 is 0.175 bits per heavy atom. The minimum atomic E-state index is -4.61. The Hall–Kier alpha value is -8.14. The van der Waals surface area contributed by atoms with Gasteiger partial charge in [-0.1, -0.05) is 48.5 Å². The van der Waals surface area contributed by atoms with Crippen molar-refractivity contribution < 1.29 is 70.2 Å². The van der Waals surface area contributed by atoms with Crippen molar-refractivity contribution in [1.82, 2.24) is 0 Å². The Morgan fingerprint density at radius 2 is 0.433 bits per heavy atom. The molecule has 0 heterocycles. The maximum absolute atomic E-state index is 13.0. The van der Waals surface area contributed by atoms with Crippen LogP contribution in [0.2, 0.25) is 0 Å². The summed E-state index contributed by atoms with van der Waals surface area (Å²) in [6.45, 7) is 44.2. The minimum absolute atomic E-state index is 0.0120. The Kier molecular flexibility index (Phi) is 34.1. The smallest absolute Gasteiger partial charge is 0.207 e. The maximum atomic E-state index is 13.0.